The van der Waals surface area contributed by atoms with Gasteiger partial charge in [-0.25, -0.2) is 9.97 Å². The van der Waals surface area contributed by atoms with Crippen molar-refractivity contribution in [3.63, 3.8) is 0 Å². The molecule has 0 aromatic carbocycles. The van der Waals surface area contributed by atoms with Crippen LogP contribution in [0.1, 0.15) is 26.1 Å². The van der Waals surface area contributed by atoms with Gasteiger partial charge in [0.2, 0.25) is 0 Å². The maximum Gasteiger partial charge on any atom is 0.133 e. The lowest BCUT2D eigenvalue weighted by molar-refractivity contribution is 0.205. The molecule has 1 heterocycles. The second-order valence-electron chi connectivity index (χ2n) is 3.79. The first-order valence-corrected chi connectivity index (χ1v) is 6.77. The van der Waals surface area contributed by atoms with Crippen LogP contribution in [0.25, 0.3) is 0 Å². The molecule has 5 heteroatoms. The highest BCUT2D eigenvalue weighted by Crippen LogP contribution is 2.17. The average Bonchev–Trinajstić information content (AvgIpc) is 2.30. The number of hydrogen-bond acceptors (Lipinski definition) is 4. The zero-order valence-corrected chi connectivity index (χ0v) is 12.3. The molecule has 0 radical (unpaired) electrons. The SMILES string of the molecule is CCCc1nc(Br)cc(N(CC)CCOC)n1. The molecule has 0 saturated heterocycles. The Kier molecular flexibility index (Phi) is 6.44. The molecule has 0 fully saturated rings. The topological polar surface area (TPSA) is 38.2 Å². The van der Waals surface area contributed by atoms with Crippen LogP contribution in [0.5, 0.6) is 0 Å². The summed E-state index contributed by atoms with van der Waals surface area (Å²) >= 11 is 3.44. The minimum absolute atomic E-state index is 0.707. The normalized spacial score (nSPS) is 10.6. The molecular formula is C12H20BrN3O. The van der Waals surface area contributed by atoms with E-state index in [2.05, 4.69) is 44.6 Å². The minimum atomic E-state index is 0.707. The Morgan fingerprint density at radius 1 is 1.35 bits per heavy atom. The Labute approximate surface area is 112 Å². The minimum Gasteiger partial charge on any atom is -0.383 e. The Morgan fingerprint density at radius 3 is 2.71 bits per heavy atom. The number of aryl methyl sites for hydroxylation is 1. The Balaban J connectivity index is 2.85. The maximum absolute atomic E-state index is 5.11. The van der Waals surface area contributed by atoms with Gasteiger partial charge in [0.1, 0.15) is 16.2 Å². The summed E-state index contributed by atoms with van der Waals surface area (Å²) in [6.07, 6.45) is 1.97. The molecule has 0 aliphatic heterocycles. The fourth-order valence-corrected chi connectivity index (χ4v) is 1.99. The Hall–Kier alpha value is -0.680. The van der Waals surface area contributed by atoms with Crippen LogP contribution >= 0.6 is 15.9 Å². The zero-order valence-electron chi connectivity index (χ0n) is 10.7. The van der Waals surface area contributed by atoms with Crippen molar-refractivity contribution in [3.05, 3.63) is 16.5 Å². The smallest absolute Gasteiger partial charge is 0.133 e. The molecule has 1 aromatic heterocycles. The van der Waals surface area contributed by atoms with Crippen molar-refractivity contribution in [1.82, 2.24) is 9.97 Å². The molecule has 1 aromatic rings. The fraction of sp³-hybridized carbons (Fsp3) is 0.667. The highest BCUT2D eigenvalue weighted by molar-refractivity contribution is 9.10. The molecule has 0 aliphatic carbocycles. The van der Waals surface area contributed by atoms with Crippen LogP contribution in [0.15, 0.2) is 10.7 Å². The maximum atomic E-state index is 5.11. The standard InChI is InChI=1S/C12H20BrN3O/c1-4-6-11-14-10(13)9-12(15-11)16(5-2)7-8-17-3/h9H,4-8H2,1-3H3. The van der Waals surface area contributed by atoms with Gasteiger partial charge in [-0.2, -0.15) is 0 Å². The zero-order chi connectivity index (χ0) is 12.7. The van der Waals surface area contributed by atoms with Gasteiger partial charge in [-0.05, 0) is 29.3 Å². The highest BCUT2D eigenvalue weighted by Gasteiger charge is 2.09. The number of methoxy groups -OCH3 is 1. The van der Waals surface area contributed by atoms with Crippen molar-refractivity contribution in [1.29, 1.82) is 0 Å². The Morgan fingerprint density at radius 2 is 2.12 bits per heavy atom. The predicted molar refractivity (Wildman–Crippen MR) is 73.5 cm³/mol. The van der Waals surface area contributed by atoms with Gasteiger partial charge in [0.15, 0.2) is 0 Å². The molecule has 0 amide bonds. The molecular weight excluding hydrogens is 282 g/mol. The largest absolute Gasteiger partial charge is 0.383 e. The number of hydrogen-bond donors (Lipinski definition) is 0. The van der Waals surface area contributed by atoms with Crippen LogP contribution in [0, 0.1) is 0 Å². The number of ether oxygens (including phenoxy) is 1. The fourth-order valence-electron chi connectivity index (χ4n) is 1.59. The van der Waals surface area contributed by atoms with Crippen LogP contribution in [-0.4, -0.2) is 36.8 Å². The van der Waals surface area contributed by atoms with E-state index >= 15 is 0 Å². The molecule has 0 saturated carbocycles. The van der Waals surface area contributed by atoms with Gasteiger partial charge in [-0.3, -0.25) is 0 Å². The Bertz CT molecular complexity index is 347. The van der Waals surface area contributed by atoms with Gasteiger partial charge < -0.3 is 9.64 Å². The molecule has 17 heavy (non-hydrogen) atoms. The third-order valence-electron chi connectivity index (χ3n) is 2.47. The first kappa shape index (κ1) is 14.4. The van der Waals surface area contributed by atoms with E-state index in [9.17, 15) is 0 Å². The predicted octanol–water partition coefficient (Wildman–Crippen LogP) is 2.66. The van der Waals surface area contributed by atoms with Gasteiger partial charge in [-0.1, -0.05) is 6.92 Å². The van der Waals surface area contributed by atoms with Crippen LogP contribution < -0.4 is 4.90 Å². The van der Waals surface area contributed by atoms with Crippen LogP contribution in [0.4, 0.5) is 5.82 Å². The summed E-state index contributed by atoms with van der Waals surface area (Å²) in [5, 5.41) is 0. The molecule has 4 nitrogen and oxygen atoms in total. The molecule has 0 bridgehead atoms. The third-order valence-corrected chi connectivity index (χ3v) is 2.88. The van der Waals surface area contributed by atoms with Crippen LogP contribution in [0.3, 0.4) is 0 Å². The first-order chi connectivity index (χ1) is 8.21. The summed E-state index contributed by atoms with van der Waals surface area (Å²) in [6.45, 7) is 6.72. The monoisotopic (exact) mass is 301 g/mol. The summed E-state index contributed by atoms with van der Waals surface area (Å²) in [7, 11) is 1.71. The van der Waals surface area contributed by atoms with E-state index in [0.717, 1.165) is 42.2 Å². The molecule has 0 unspecified atom stereocenters. The molecule has 0 aliphatic rings. The van der Waals surface area contributed by atoms with Crippen molar-refractivity contribution < 1.29 is 4.74 Å². The van der Waals surface area contributed by atoms with E-state index in [1.165, 1.54) is 0 Å². The summed E-state index contributed by atoms with van der Waals surface area (Å²) < 4.78 is 5.96. The molecule has 0 spiro atoms. The van der Waals surface area contributed by atoms with Crippen molar-refractivity contribution in [2.24, 2.45) is 0 Å². The van der Waals surface area contributed by atoms with E-state index in [4.69, 9.17) is 4.74 Å². The lowest BCUT2D eigenvalue weighted by Gasteiger charge is -2.22. The third kappa shape index (κ3) is 4.60. The molecule has 96 valence electrons. The quantitative estimate of drug-likeness (QED) is 0.726. The van der Waals surface area contributed by atoms with E-state index < -0.39 is 0 Å². The van der Waals surface area contributed by atoms with Gasteiger partial charge in [0, 0.05) is 32.7 Å². The van der Waals surface area contributed by atoms with E-state index in [1.807, 2.05) is 6.07 Å². The number of nitrogens with zero attached hydrogens (tertiary/aromatic N) is 3. The van der Waals surface area contributed by atoms with Crippen molar-refractivity contribution in [2.75, 3.05) is 31.7 Å². The van der Waals surface area contributed by atoms with E-state index in [-0.39, 0.29) is 0 Å². The van der Waals surface area contributed by atoms with E-state index in [0.29, 0.717) is 6.61 Å². The van der Waals surface area contributed by atoms with Crippen molar-refractivity contribution in [3.8, 4) is 0 Å². The van der Waals surface area contributed by atoms with Crippen molar-refractivity contribution in [2.45, 2.75) is 26.7 Å². The second kappa shape index (κ2) is 7.61. The number of likely N-dealkylation sites (N-methyl/N-ethyl adjacent to an activating group) is 1. The summed E-state index contributed by atoms with van der Waals surface area (Å²) in [4.78, 5) is 11.1. The number of halogens is 1. The second-order valence-corrected chi connectivity index (χ2v) is 4.60. The lowest BCUT2D eigenvalue weighted by Crippen LogP contribution is -2.28. The van der Waals surface area contributed by atoms with E-state index in [1.54, 1.807) is 7.11 Å². The summed E-state index contributed by atoms with van der Waals surface area (Å²) in [6, 6.07) is 1.96. The van der Waals surface area contributed by atoms with Gasteiger partial charge >= 0.3 is 0 Å². The van der Waals surface area contributed by atoms with Crippen LogP contribution in [0.2, 0.25) is 0 Å². The molecule has 0 N–H and O–H groups in total. The van der Waals surface area contributed by atoms with Gasteiger partial charge in [-0.15, -0.1) is 0 Å². The molecule has 0 atom stereocenters. The average molecular weight is 302 g/mol. The van der Waals surface area contributed by atoms with Crippen LogP contribution in [-0.2, 0) is 11.2 Å². The summed E-state index contributed by atoms with van der Waals surface area (Å²) in [5.74, 6) is 1.86. The highest BCUT2D eigenvalue weighted by atomic mass is 79.9. The number of anilines is 1. The van der Waals surface area contributed by atoms with Gasteiger partial charge in [0.25, 0.3) is 0 Å². The molecule has 1 rings (SSSR count). The number of rotatable bonds is 7. The number of aromatic nitrogens is 2. The van der Waals surface area contributed by atoms with Gasteiger partial charge in [0.05, 0.1) is 6.61 Å². The lowest BCUT2D eigenvalue weighted by atomic mass is 10.3. The van der Waals surface area contributed by atoms with Crippen molar-refractivity contribution >= 4 is 21.7 Å². The first-order valence-electron chi connectivity index (χ1n) is 5.98. The summed E-state index contributed by atoms with van der Waals surface area (Å²) in [5.41, 5.74) is 0.